The van der Waals surface area contributed by atoms with Crippen molar-refractivity contribution in [3.8, 4) is 0 Å². The van der Waals surface area contributed by atoms with E-state index in [0.29, 0.717) is 12.8 Å². The minimum Gasteiger partial charge on any atom is -0.444 e. The van der Waals surface area contributed by atoms with Crippen LogP contribution in [0, 0.1) is 0 Å². The van der Waals surface area contributed by atoms with Crippen molar-refractivity contribution in [2.75, 3.05) is 0 Å². The average Bonchev–Trinajstić information content (AvgIpc) is 2.13. The third-order valence-electron chi connectivity index (χ3n) is 3.25. The number of nitrogens with zero attached hydrogens (tertiary/aromatic N) is 1. The van der Waals surface area contributed by atoms with Gasteiger partial charge in [0.1, 0.15) is 5.60 Å². The zero-order valence-electron chi connectivity index (χ0n) is 12.3. The van der Waals surface area contributed by atoms with E-state index < -0.39 is 5.60 Å². The lowest BCUT2D eigenvalue weighted by molar-refractivity contribution is -0.0277. The van der Waals surface area contributed by atoms with Crippen molar-refractivity contribution in [1.82, 2.24) is 4.90 Å². The van der Waals surface area contributed by atoms with Gasteiger partial charge in [-0.25, -0.2) is 4.79 Å². The van der Waals surface area contributed by atoms with Crippen molar-refractivity contribution in [1.29, 1.82) is 0 Å². The van der Waals surface area contributed by atoms with Crippen LogP contribution < -0.4 is 0 Å². The van der Waals surface area contributed by atoms with Crippen LogP contribution in [-0.4, -0.2) is 39.9 Å². The Morgan fingerprint density at radius 2 is 2.00 bits per heavy atom. The van der Waals surface area contributed by atoms with Crippen molar-refractivity contribution in [3.05, 3.63) is 0 Å². The molecule has 1 saturated heterocycles. The van der Waals surface area contributed by atoms with Crippen LogP contribution in [0.1, 0.15) is 60.3 Å². The van der Waals surface area contributed by atoms with Crippen LogP contribution >= 0.6 is 0 Å². The summed E-state index contributed by atoms with van der Waals surface area (Å²) in [6.45, 7) is 9.71. The van der Waals surface area contributed by atoms with Gasteiger partial charge >= 0.3 is 6.09 Å². The normalized spacial score (nSPS) is 29.2. The van der Waals surface area contributed by atoms with E-state index in [-0.39, 0.29) is 24.3 Å². The van der Waals surface area contributed by atoms with E-state index in [2.05, 4.69) is 6.92 Å². The first kappa shape index (κ1) is 15.3. The molecule has 3 atom stereocenters. The second kappa shape index (κ2) is 5.91. The summed E-state index contributed by atoms with van der Waals surface area (Å²) in [5.41, 5.74) is -0.469. The van der Waals surface area contributed by atoms with Crippen molar-refractivity contribution in [3.63, 3.8) is 0 Å². The number of aliphatic hydroxyl groups is 1. The quantitative estimate of drug-likeness (QED) is 0.827. The highest BCUT2D eigenvalue weighted by Crippen LogP contribution is 2.28. The molecule has 4 heteroatoms. The van der Waals surface area contributed by atoms with Crippen LogP contribution in [0.5, 0.6) is 0 Å². The molecule has 18 heavy (non-hydrogen) atoms. The Kier molecular flexibility index (Phi) is 5.02. The van der Waals surface area contributed by atoms with Gasteiger partial charge in [0.25, 0.3) is 0 Å². The third-order valence-corrected chi connectivity index (χ3v) is 3.25. The Bertz CT molecular complexity index is 285. The first-order chi connectivity index (χ1) is 8.24. The van der Waals surface area contributed by atoms with Crippen molar-refractivity contribution < 1.29 is 14.6 Å². The molecule has 0 saturated carbocycles. The maximum absolute atomic E-state index is 12.2. The molecule has 0 aliphatic carbocycles. The van der Waals surface area contributed by atoms with Crippen LogP contribution in [0.2, 0.25) is 0 Å². The molecule has 0 radical (unpaired) electrons. The Morgan fingerprint density at radius 3 is 2.50 bits per heavy atom. The average molecular weight is 257 g/mol. The molecule has 0 spiro atoms. The molecule has 1 aliphatic heterocycles. The van der Waals surface area contributed by atoms with Gasteiger partial charge in [0.15, 0.2) is 0 Å². The van der Waals surface area contributed by atoms with Crippen LogP contribution in [0.15, 0.2) is 0 Å². The fourth-order valence-corrected chi connectivity index (χ4v) is 2.62. The molecule has 1 rings (SSSR count). The maximum Gasteiger partial charge on any atom is 0.410 e. The molecule has 0 bridgehead atoms. The number of aliphatic hydroxyl groups excluding tert-OH is 1. The monoisotopic (exact) mass is 257 g/mol. The highest BCUT2D eigenvalue weighted by molar-refractivity contribution is 5.69. The highest BCUT2D eigenvalue weighted by Gasteiger charge is 2.37. The number of hydrogen-bond acceptors (Lipinski definition) is 3. The lowest BCUT2D eigenvalue weighted by Gasteiger charge is -2.43. The topological polar surface area (TPSA) is 49.8 Å². The minimum absolute atomic E-state index is 0.0418. The molecule has 0 aromatic rings. The number of amides is 1. The van der Waals surface area contributed by atoms with Crippen LogP contribution in [0.3, 0.4) is 0 Å². The largest absolute Gasteiger partial charge is 0.444 e. The van der Waals surface area contributed by atoms with Gasteiger partial charge in [-0.15, -0.1) is 0 Å². The van der Waals surface area contributed by atoms with E-state index in [1.807, 2.05) is 32.6 Å². The third kappa shape index (κ3) is 4.16. The van der Waals surface area contributed by atoms with Crippen LogP contribution in [0.4, 0.5) is 4.79 Å². The molecule has 4 nitrogen and oxygen atoms in total. The van der Waals surface area contributed by atoms with Gasteiger partial charge in [0, 0.05) is 12.1 Å². The molecule has 3 unspecified atom stereocenters. The van der Waals surface area contributed by atoms with Gasteiger partial charge in [0.05, 0.1) is 6.10 Å². The minimum atomic E-state index is -0.469. The molecule has 1 heterocycles. The highest BCUT2D eigenvalue weighted by atomic mass is 16.6. The second-order valence-electron chi connectivity index (χ2n) is 6.30. The zero-order valence-corrected chi connectivity index (χ0v) is 12.3. The van der Waals surface area contributed by atoms with E-state index in [0.717, 1.165) is 12.8 Å². The number of rotatable bonds is 2. The lowest BCUT2D eigenvalue weighted by atomic mass is 9.92. The Hall–Kier alpha value is -0.770. The van der Waals surface area contributed by atoms with Crippen molar-refractivity contribution >= 4 is 6.09 Å². The van der Waals surface area contributed by atoms with E-state index >= 15 is 0 Å². The van der Waals surface area contributed by atoms with Gasteiger partial charge in [-0.2, -0.15) is 0 Å². The Morgan fingerprint density at radius 1 is 1.39 bits per heavy atom. The summed E-state index contributed by atoms with van der Waals surface area (Å²) >= 11 is 0. The van der Waals surface area contributed by atoms with E-state index in [9.17, 15) is 9.90 Å². The van der Waals surface area contributed by atoms with Crippen LogP contribution in [-0.2, 0) is 4.74 Å². The van der Waals surface area contributed by atoms with Gasteiger partial charge in [0.2, 0.25) is 0 Å². The molecular formula is C14H27NO3. The number of carbonyl (C=O) groups is 1. The zero-order chi connectivity index (χ0) is 13.9. The molecule has 1 fully saturated rings. The number of piperidine rings is 1. The Labute approximate surface area is 110 Å². The van der Waals surface area contributed by atoms with Gasteiger partial charge < -0.3 is 14.7 Å². The fraction of sp³-hybridized carbons (Fsp3) is 0.929. The van der Waals surface area contributed by atoms with E-state index in [4.69, 9.17) is 4.74 Å². The summed E-state index contributed by atoms with van der Waals surface area (Å²) in [6, 6.07) is 0.142. The second-order valence-corrected chi connectivity index (χ2v) is 6.30. The number of hydrogen-bond donors (Lipinski definition) is 1. The van der Waals surface area contributed by atoms with Gasteiger partial charge in [-0.1, -0.05) is 13.3 Å². The van der Waals surface area contributed by atoms with Crippen LogP contribution in [0.25, 0.3) is 0 Å². The first-order valence-electron chi connectivity index (χ1n) is 6.94. The van der Waals surface area contributed by atoms with Gasteiger partial charge in [-0.3, -0.25) is 0 Å². The predicted molar refractivity (Wildman–Crippen MR) is 71.5 cm³/mol. The predicted octanol–water partition coefficient (Wildman–Crippen LogP) is 2.94. The molecule has 1 aliphatic rings. The molecule has 106 valence electrons. The fourth-order valence-electron chi connectivity index (χ4n) is 2.62. The summed E-state index contributed by atoms with van der Waals surface area (Å²) < 4.78 is 5.46. The number of carbonyl (C=O) groups excluding carboxylic acids is 1. The van der Waals surface area contributed by atoms with E-state index in [1.165, 1.54) is 0 Å². The smallest absolute Gasteiger partial charge is 0.410 e. The summed E-state index contributed by atoms with van der Waals surface area (Å²) in [5.74, 6) is 0. The molecule has 0 aromatic heterocycles. The standard InChI is InChI=1S/C14H27NO3/c1-6-7-11-9-12(16)8-10(2)15(11)13(17)18-14(3,4)5/h10-12,16H,6-9H2,1-5H3. The van der Waals surface area contributed by atoms with Crippen molar-refractivity contribution in [2.24, 2.45) is 0 Å². The SMILES string of the molecule is CCCC1CC(O)CC(C)N1C(=O)OC(C)(C)C. The summed E-state index contributed by atoms with van der Waals surface area (Å²) in [4.78, 5) is 14.1. The van der Waals surface area contributed by atoms with E-state index in [1.54, 1.807) is 0 Å². The Balaban J connectivity index is 2.77. The summed E-state index contributed by atoms with van der Waals surface area (Å²) in [7, 11) is 0. The molecular weight excluding hydrogens is 230 g/mol. The molecule has 0 aromatic carbocycles. The summed E-state index contributed by atoms with van der Waals surface area (Å²) in [5, 5.41) is 9.83. The van der Waals surface area contributed by atoms with Gasteiger partial charge in [-0.05, 0) is 47.0 Å². The van der Waals surface area contributed by atoms with Crippen molar-refractivity contribution in [2.45, 2.75) is 84.1 Å². The molecule has 1 amide bonds. The number of ether oxygens (including phenoxy) is 1. The first-order valence-corrected chi connectivity index (χ1v) is 6.94. The maximum atomic E-state index is 12.2. The lowest BCUT2D eigenvalue weighted by Crippen LogP contribution is -2.53. The number of likely N-dealkylation sites (tertiary alicyclic amines) is 1. The molecule has 1 N–H and O–H groups in total. The summed E-state index contributed by atoms with van der Waals surface area (Å²) in [6.07, 6.45) is 2.68.